The van der Waals surface area contributed by atoms with Crippen LogP contribution in [0.1, 0.15) is 0 Å². The molecule has 2 N–H and O–H groups in total. The van der Waals surface area contributed by atoms with Crippen molar-refractivity contribution in [3.63, 3.8) is 0 Å². The van der Waals surface area contributed by atoms with Gasteiger partial charge in [0.25, 0.3) is 0 Å². The Morgan fingerprint density at radius 3 is 2.39 bits per heavy atom. The molecule has 0 fully saturated rings. The maximum absolute atomic E-state index is 5.75. The van der Waals surface area contributed by atoms with Crippen molar-refractivity contribution in [2.45, 2.75) is 0 Å². The second kappa shape index (κ2) is 5.75. The van der Waals surface area contributed by atoms with E-state index in [1.165, 1.54) is 0 Å². The third kappa shape index (κ3) is 3.38. The normalized spacial score (nSPS) is 9.94. The summed E-state index contributed by atoms with van der Waals surface area (Å²) in [7, 11) is 1.62. The summed E-state index contributed by atoms with van der Waals surface area (Å²) in [5.41, 5.74) is 6.67. The van der Waals surface area contributed by atoms with Crippen LogP contribution in [0.2, 0.25) is 10.4 Å². The summed E-state index contributed by atoms with van der Waals surface area (Å²) >= 11 is 11.4. The minimum atomic E-state index is 0.0848. The third-order valence-corrected chi connectivity index (χ3v) is 2.46. The molecule has 0 aliphatic carbocycles. The zero-order valence-electron chi connectivity index (χ0n) is 9.45. The number of methoxy groups -OCH3 is 1. The summed E-state index contributed by atoms with van der Waals surface area (Å²) in [4.78, 5) is 7.70. The number of ether oxygens (including phenoxy) is 1. The van der Waals surface area contributed by atoms with Crippen LogP contribution in [-0.2, 0) is 0 Å². The van der Waals surface area contributed by atoms with Crippen LogP contribution >= 0.6 is 23.2 Å². The zero-order chi connectivity index (χ0) is 13.0. The molecular weight excluding hydrogens is 275 g/mol. The lowest BCUT2D eigenvalue weighted by atomic mass is 10.3. The van der Waals surface area contributed by atoms with Gasteiger partial charge in [-0.15, -0.1) is 0 Å². The van der Waals surface area contributed by atoms with Gasteiger partial charge in [0.2, 0.25) is 5.28 Å². The Morgan fingerprint density at radius 2 is 1.78 bits per heavy atom. The van der Waals surface area contributed by atoms with E-state index in [4.69, 9.17) is 27.9 Å². The molecule has 7 heteroatoms. The fraction of sp³-hybridized carbons (Fsp3) is 0.0909. The average molecular weight is 285 g/mol. The van der Waals surface area contributed by atoms with Gasteiger partial charge in [-0.3, -0.25) is 10.9 Å². The molecule has 0 unspecified atom stereocenters. The second-order valence-electron chi connectivity index (χ2n) is 3.32. The quantitative estimate of drug-likeness (QED) is 0.513. The van der Waals surface area contributed by atoms with Gasteiger partial charge in [0, 0.05) is 6.07 Å². The molecule has 18 heavy (non-hydrogen) atoms. The monoisotopic (exact) mass is 284 g/mol. The minimum absolute atomic E-state index is 0.0848. The molecule has 1 aromatic carbocycles. The van der Waals surface area contributed by atoms with E-state index in [0.717, 1.165) is 11.4 Å². The maximum atomic E-state index is 5.75. The first kappa shape index (κ1) is 12.7. The molecule has 0 spiro atoms. The molecule has 94 valence electrons. The Bertz CT molecular complexity index is 513. The summed E-state index contributed by atoms with van der Waals surface area (Å²) in [5.74, 6) is 1.27. The lowest BCUT2D eigenvalue weighted by Gasteiger charge is -2.09. The number of nitrogens with one attached hydrogen (secondary N) is 2. The number of benzene rings is 1. The van der Waals surface area contributed by atoms with Crippen LogP contribution in [0.4, 0.5) is 11.5 Å². The molecule has 1 heterocycles. The summed E-state index contributed by atoms with van der Waals surface area (Å²) in [6.45, 7) is 0. The third-order valence-electron chi connectivity index (χ3n) is 2.09. The van der Waals surface area contributed by atoms with Crippen LogP contribution < -0.4 is 15.6 Å². The maximum Gasteiger partial charge on any atom is 0.225 e. The van der Waals surface area contributed by atoms with Crippen molar-refractivity contribution >= 4 is 34.7 Å². The van der Waals surface area contributed by atoms with Gasteiger partial charge in [0.05, 0.1) is 12.8 Å². The van der Waals surface area contributed by atoms with Crippen molar-refractivity contribution in [1.82, 2.24) is 9.97 Å². The van der Waals surface area contributed by atoms with Gasteiger partial charge < -0.3 is 4.74 Å². The van der Waals surface area contributed by atoms with Crippen LogP contribution in [0.5, 0.6) is 5.75 Å². The minimum Gasteiger partial charge on any atom is -0.497 e. The first-order valence-electron chi connectivity index (χ1n) is 5.03. The van der Waals surface area contributed by atoms with Gasteiger partial charge in [-0.1, -0.05) is 11.6 Å². The van der Waals surface area contributed by atoms with E-state index in [0.29, 0.717) is 5.82 Å². The summed E-state index contributed by atoms with van der Waals surface area (Å²) in [6, 6.07) is 8.95. The molecule has 0 bridgehead atoms. The topological polar surface area (TPSA) is 59.1 Å². The Balaban J connectivity index is 2.01. The largest absolute Gasteiger partial charge is 0.497 e. The van der Waals surface area contributed by atoms with Crippen LogP contribution in [-0.4, -0.2) is 17.1 Å². The summed E-state index contributed by atoms with van der Waals surface area (Å²) in [6.07, 6.45) is 0. The Kier molecular flexibility index (Phi) is 4.07. The molecule has 0 saturated heterocycles. The molecule has 0 aliphatic rings. The number of hydrogen-bond acceptors (Lipinski definition) is 5. The molecule has 5 nitrogen and oxygen atoms in total. The second-order valence-corrected chi connectivity index (χ2v) is 4.05. The van der Waals surface area contributed by atoms with Crippen molar-refractivity contribution in [3.8, 4) is 5.75 Å². The predicted molar refractivity (Wildman–Crippen MR) is 72.3 cm³/mol. The van der Waals surface area contributed by atoms with Crippen molar-refractivity contribution in [3.05, 3.63) is 40.8 Å². The SMILES string of the molecule is COc1ccc(NNc2cc(Cl)nc(Cl)n2)cc1. The standard InChI is InChI=1S/C11H10Cl2N4O/c1-18-8-4-2-7(3-5-8)16-17-10-6-9(12)14-11(13)15-10/h2-6,16H,1H3,(H,14,15,17). The van der Waals surface area contributed by atoms with E-state index in [1.807, 2.05) is 24.3 Å². The lowest BCUT2D eigenvalue weighted by molar-refractivity contribution is 0.415. The van der Waals surface area contributed by atoms with E-state index in [1.54, 1.807) is 13.2 Å². The number of nitrogens with zero attached hydrogens (tertiary/aromatic N) is 2. The van der Waals surface area contributed by atoms with Crippen LogP contribution in [0.25, 0.3) is 0 Å². The molecular formula is C11H10Cl2N4O. The molecule has 0 aliphatic heterocycles. The van der Waals surface area contributed by atoms with Crippen molar-refractivity contribution in [2.24, 2.45) is 0 Å². The van der Waals surface area contributed by atoms with Gasteiger partial charge in [0.1, 0.15) is 10.9 Å². The van der Waals surface area contributed by atoms with Crippen LogP contribution in [0.3, 0.4) is 0 Å². The highest BCUT2D eigenvalue weighted by Crippen LogP contribution is 2.17. The molecule has 0 saturated carbocycles. The highest BCUT2D eigenvalue weighted by molar-refractivity contribution is 6.32. The zero-order valence-corrected chi connectivity index (χ0v) is 11.0. The molecule has 0 atom stereocenters. The van der Waals surface area contributed by atoms with E-state index in [-0.39, 0.29) is 10.4 Å². The molecule has 2 rings (SSSR count). The molecule has 0 amide bonds. The van der Waals surface area contributed by atoms with Gasteiger partial charge in [-0.2, -0.15) is 4.98 Å². The number of halogens is 2. The average Bonchev–Trinajstić information content (AvgIpc) is 2.36. The van der Waals surface area contributed by atoms with Gasteiger partial charge in [-0.25, -0.2) is 4.98 Å². The van der Waals surface area contributed by atoms with Crippen molar-refractivity contribution in [1.29, 1.82) is 0 Å². The first-order valence-corrected chi connectivity index (χ1v) is 5.79. The fourth-order valence-electron chi connectivity index (χ4n) is 1.26. The smallest absolute Gasteiger partial charge is 0.225 e. The number of rotatable bonds is 4. The molecule has 0 radical (unpaired) electrons. The number of hydrogen-bond donors (Lipinski definition) is 2. The Hall–Kier alpha value is -1.72. The first-order chi connectivity index (χ1) is 8.67. The fourth-order valence-corrected chi connectivity index (χ4v) is 1.67. The van der Waals surface area contributed by atoms with Crippen LogP contribution in [0.15, 0.2) is 30.3 Å². The number of aromatic nitrogens is 2. The highest BCUT2D eigenvalue weighted by atomic mass is 35.5. The molecule has 1 aromatic heterocycles. The van der Waals surface area contributed by atoms with Gasteiger partial charge in [0.15, 0.2) is 5.82 Å². The Morgan fingerprint density at radius 1 is 1.06 bits per heavy atom. The van der Waals surface area contributed by atoms with E-state index >= 15 is 0 Å². The summed E-state index contributed by atoms with van der Waals surface area (Å²) < 4.78 is 5.06. The highest BCUT2D eigenvalue weighted by Gasteiger charge is 2.00. The summed E-state index contributed by atoms with van der Waals surface area (Å²) in [5, 5.41) is 0.357. The van der Waals surface area contributed by atoms with E-state index < -0.39 is 0 Å². The van der Waals surface area contributed by atoms with E-state index in [2.05, 4.69) is 20.8 Å². The van der Waals surface area contributed by atoms with E-state index in [9.17, 15) is 0 Å². The van der Waals surface area contributed by atoms with Crippen molar-refractivity contribution < 1.29 is 4.74 Å². The number of hydrazine groups is 1. The van der Waals surface area contributed by atoms with Gasteiger partial charge in [-0.05, 0) is 35.9 Å². The van der Waals surface area contributed by atoms with Crippen LogP contribution in [0, 0.1) is 0 Å². The van der Waals surface area contributed by atoms with Gasteiger partial charge >= 0.3 is 0 Å². The lowest BCUT2D eigenvalue weighted by Crippen LogP contribution is -2.10. The predicted octanol–water partition coefficient (Wildman–Crippen LogP) is 3.23. The Labute approximate surface area is 114 Å². The number of anilines is 2. The van der Waals surface area contributed by atoms with Crippen molar-refractivity contribution in [2.75, 3.05) is 18.0 Å². The molecule has 2 aromatic rings.